The second-order valence-corrected chi connectivity index (χ2v) is 5.97. The van der Waals surface area contributed by atoms with Crippen LogP contribution in [0.3, 0.4) is 0 Å². The molecule has 1 heterocycles. The van der Waals surface area contributed by atoms with Crippen LogP contribution in [0.2, 0.25) is 0 Å². The summed E-state index contributed by atoms with van der Waals surface area (Å²) in [6, 6.07) is 11.2. The van der Waals surface area contributed by atoms with Crippen LogP contribution in [0.5, 0.6) is 5.75 Å². The van der Waals surface area contributed by atoms with Crippen LogP contribution >= 0.6 is 0 Å². The number of hydrogen-bond acceptors (Lipinski definition) is 3. The molecule has 1 atom stereocenters. The van der Waals surface area contributed by atoms with Crippen molar-refractivity contribution in [3.05, 3.63) is 59.7 Å². The van der Waals surface area contributed by atoms with Crippen molar-refractivity contribution in [2.24, 2.45) is 0 Å². The molecule has 0 saturated carbocycles. The van der Waals surface area contributed by atoms with E-state index in [-0.39, 0.29) is 12.1 Å². The van der Waals surface area contributed by atoms with Gasteiger partial charge in [0, 0.05) is 6.54 Å². The second-order valence-electron chi connectivity index (χ2n) is 5.97. The van der Waals surface area contributed by atoms with Crippen LogP contribution < -0.4 is 15.4 Å². The van der Waals surface area contributed by atoms with E-state index >= 15 is 0 Å². The molecule has 1 unspecified atom stereocenters. The smallest absolute Gasteiger partial charge is 0.416 e. The van der Waals surface area contributed by atoms with Crippen molar-refractivity contribution >= 4 is 17.5 Å². The number of amides is 2. The van der Waals surface area contributed by atoms with Gasteiger partial charge in [-0.2, -0.15) is 13.2 Å². The van der Waals surface area contributed by atoms with Gasteiger partial charge in [-0.05, 0) is 36.8 Å². The molecule has 0 radical (unpaired) electrons. The van der Waals surface area contributed by atoms with Crippen molar-refractivity contribution in [2.45, 2.75) is 25.2 Å². The van der Waals surface area contributed by atoms with Crippen LogP contribution in [0.25, 0.3) is 0 Å². The van der Waals surface area contributed by atoms with Crippen molar-refractivity contribution in [3.8, 4) is 5.75 Å². The summed E-state index contributed by atoms with van der Waals surface area (Å²) in [4.78, 5) is 24.7. The zero-order valence-electron chi connectivity index (χ0n) is 13.7. The molecule has 136 valence electrons. The molecule has 0 spiro atoms. The van der Waals surface area contributed by atoms with Gasteiger partial charge in [0.1, 0.15) is 5.75 Å². The second kappa shape index (κ2) is 6.36. The number of carbonyl (C=O) groups excluding carboxylic acids is 2. The van der Waals surface area contributed by atoms with Gasteiger partial charge < -0.3 is 15.4 Å². The minimum atomic E-state index is -4.47. The molecule has 0 aromatic heterocycles. The normalized spacial score (nSPS) is 19.2. The predicted molar refractivity (Wildman–Crippen MR) is 87.4 cm³/mol. The monoisotopic (exact) mass is 364 g/mol. The summed E-state index contributed by atoms with van der Waals surface area (Å²) in [7, 11) is 0. The predicted octanol–water partition coefficient (Wildman–Crippen LogP) is 3.11. The molecule has 2 aromatic carbocycles. The Bertz CT molecular complexity index is 867. The molecule has 5 nitrogen and oxygen atoms in total. The number of ether oxygens (including phenoxy) is 1. The Kier molecular flexibility index (Phi) is 4.35. The minimum Gasteiger partial charge on any atom is -0.466 e. The van der Waals surface area contributed by atoms with E-state index in [1.807, 2.05) is 0 Å². The molecule has 2 amide bonds. The Labute approximate surface area is 147 Å². The average Bonchev–Trinajstić information content (AvgIpc) is 2.60. The standard InChI is InChI=1S/C18H15F3N2O3/c1-17(16(25)23-13-7-2-3-8-14(13)26-17)15(24)22-10-11-5-4-6-12(9-11)18(19,20)21/h2-9H,10H2,1H3,(H,22,24)(H,23,25). The first kappa shape index (κ1) is 17.8. The van der Waals surface area contributed by atoms with E-state index in [0.717, 1.165) is 12.1 Å². The largest absolute Gasteiger partial charge is 0.466 e. The Balaban J connectivity index is 1.73. The molecule has 3 rings (SSSR count). The van der Waals surface area contributed by atoms with E-state index in [1.54, 1.807) is 24.3 Å². The van der Waals surface area contributed by atoms with Gasteiger partial charge in [-0.25, -0.2) is 0 Å². The first-order valence-corrected chi connectivity index (χ1v) is 7.74. The van der Waals surface area contributed by atoms with Crippen molar-refractivity contribution in [1.82, 2.24) is 5.32 Å². The highest BCUT2D eigenvalue weighted by molar-refractivity contribution is 6.15. The highest BCUT2D eigenvalue weighted by Crippen LogP contribution is 2.33. The Morgan fingerprint density at radius 2 is 1.92 bits per heavy atom. The van der Waals surface area contributed by atoms with E-state index in [4.69, 9.17) is 4.74 Å². The molecular weight excluding hydrogens is 349 g/mol. The SMILES string of the molecule is CC1(C(=O)NCc2cccc(C(F)(F)F)c2)Oc2ccccc2NC1=O. The molecule has 0 fully saturated rings. The van der Waals surface area contributed by atoms with Gasteiger partial charge in [-0.15, -0.1) is 0 Å². The Hall–Kier alpha value is -3.03. The lowest BCUT2D eigenvalue weighted by atomic mass is 10.0. The average molecular weight is 364 g/mol. The van der Waals surface area contributed by atoms with Gasteiger partial charge in [-0.1, -0.05) is 24.3 Å². The number of anilines is 1. The summed E-state index contributed by atoms with van der Waals surface area (Å²) in [6.45, 7) is 1.14. The third-order valence-electron chi connectivity index (χ3n) is 4.02. The molecule has 8 heteroatoms. The number of halogens is 3. The quantitative estimate of drug-likeness (QED) is 0.823. The van der Waals surface area contributed by atoms with Crippen molar-refractivity contribution in [3.63, 3.8) is 0 Å². The van der Waals surface area contributed by atoms with Crippen LogP contribution in [0.15, 0.2) is 48.5 Å². The van der Waals surface area contributed by atoms with Crippen LogP contribution in [-0.4, -0.2) is 17.4 Å². The maximum atomic E-state index is 12.8. The zero-order chi connectivity index (χ0) is 18.9. The fraction of sp³-hybridized carbons (Fsp3) is 0.222. The van der Waals surface area contributed by atoms with E-state index in [1.165, 1.54) is 19.1 Å². The van der Waals surface area contributed by atoms with Crippen molar-refractivity contribution < 1.29 is 27.5 Å². The molecular formula is C18H15F3N2O3. The number of carbonyl (C=O) groups is 2. The van der Waals surface area contributed by atoms with E-state index in [2.05, 4.69) is 10.6 Å². The van der Waals surface area contributed by atoms with Crippen molar-refractivity contribution in [1.29, 1.82) is 0 Å². The van der Waals surface area contributed by atoms with Crippen molar-refractivity contribution in [2.75, 3.05) is 5.32 Å². The first-order chi connectivity index (χ1) is 12.2. The Morgan fingerprint density at radius 1 is 1.19 bits per heavy atom. The minimum absolute atomic E-state index is 0.170. The van der Waals surface area contributed by atoms with Gasteiger partial charge in [0.2, 0.25) is 0 Å². The topological polar surface area (TPSA) is 67.4 Å². The first-order valence-electron chi connectivity index (χ1n) is 7.74. The van der Waals surface area contributed by atoms with Gasteiger partial charge >= 0.3 is 6.18 Å². The molecule has 0 bridgehead atoms. The summed E-state index contributed by atoms with van der Waals surface area (Å²) in [5.74, 6) is -1.07. The van der Waals surface area contributed by atoms with Gasteiger partial charge in [0.25, 0.3) is 17.4 Å². The fourth-order valence-corrected chi connectivity index (χ4v) is 2.52. The van der Waals surface area contributed by atoms with E-state index < -0.39 is 29.2 Å². The van der Waals surface area contributed by atoms with Gasteiger partial charge in [-0.3, -0.25) is 9.59 Å². The molecule has 1 aliphatic heterocycles. The number of hydrogen-bond donors (Lipinski definition) is 2. The summed E-state index contributed by atoms with van der Waals surface area (Å²) < 4.78 is 43.8. The molecule has 0 saturated heterocycles. The van der Waals surface area contributed by atoms with E-state index in [9.17, 15) is 22.8 Å². The summed E-state index contributed by atoms with van der Waals surface area (Å²) in [5.41, 5.74) is -1.93. The highest BCUT2D eigenvalue weighted by Gasteiger charge is 2.47. The maximum Gasteiger partial charge on any atom is 0.416 e. The number of fused-ring (bicyclic) bond motifs is 1. The number of benzene rings is 2. The lowest BCUT2D eigenvalue weighted by Crippen LogP contribution is -2.58. The number of alkyl halides is 3. The van der Waals surface area contributed by atoms with Crippen LogP contribution in [0, 0.1) is 0 Å². The molecule has 2 N–H and O–H groups in total. The van der Waals surface area contributed by atoms with Gasteiger partial charge in [0.15, 0.2) is 0 Å². The van der Waals surface area contributed by atoms with Crippen LogP contribution in [0.4, 0.5) is 18.9 Å². The molecule has 0 aliphatic carbocycles. The zero-order valence-corrected chi connectivity index (χ0v) is 13.7. The number of para-hydroxylation sites is 2. The van der Waals surface area contributed by atoms with Crippen LogP contribution in [0.1, 0.15) is 18.1 Å². The van der Waals surface area contributed by atoms with Crippen LogP contribution in [-0.2, 0) is 22.3 Å². The third kappa shape index (κ3) is 3.35. The molecule has 1 aliphatic rings. The lowest BCUT2D eigenvalue weighted by molar-refractivity contribution is -0.146. The molecule has 2 aromatic rings. The lowest BCUT2D eigenvalue weighted by Gasteiger charge is -2.33. The summed E-state index contributed by atoms with van der Waals surface area (Å²) in [5, 5.41) is 5.04. The van der Waals surface area contributed by atoms with E-state index in [0.29, 0.717) is 11.4 Å². The Morgan fingerprint density at radius 3 is 2.65 bits per heavy atom. The fourth-order valence-electron chi connectivity index (χ4n) is 2.52. The third-order valence-corrected chi connectivity index (χ3v) is 4.02. The highest BCUT2D eigenvalue weighted by atomic mass is 19.4. The van der Waals surface area contributed by atoms with Gasteiger partial charge in [0.05, 0.1) is 11.3 Å². The summed E-state index contributed by atoms with van der Waals surface area (Å²) >= 11 is 0. The maximum absolute atomic E-state index is 12.8. The number of nitrogens with one attached hydrogen (secondary N) is 2. The summed E-state index contributed by atoms with van der Waals surface area (Å²) in [6.07, 6.45) is -4.47. The molecule has 26 heavy (non-hydrogen) atoms. The number of rotatable bonds is 3.